The molecule has 0 aliphatic heterocycles. The largest absolute Gasteiger partial charge is 0.455 e. The summed E-state index contributed by atoms with van der Waals surface area (Å²) in [5.41, 5.74) is 8.49. The van der Waals surface area contributed by atoms with Crippen LogP contribution in [0.25, 0.3) is 0 Å². The molecule has 1 aromatic heterocycles. The van der Waals surface area contributed by atoms with Crippen LogP contribution in [-0.2, 0) is 16.0 Å². The highest BCUT2D eigenvalue weighted by Crippen LogP contribution is 2.30. The lowest BCUT2D eigenvalue weighted by Gasteiger charge is -2.20. The molecular formula is C25H29N7O4. The Bertz CT molecular complexity index is 1230. The molecule has 0 radical (unpaired) electrons. The number of amides is 2. The van der Waals surface area contributed by atoms with Crippen LogP contribution in [0, 0.1) is 0 Å². The summed E-state index contributed by atoms with van der Waals surface area (Å²) in [4.78, 5) is 29.7. The number of carbonyl (C=O) groups excluding carboxylic acids is 2. The Morgan fingerprint density at radius 1 is 1.03 bits per heavy atom. The number of hydrogen-bond acceptors (Lipinski definition) is 9. The number of azo groups is 1. The third-order valence-electron chi connectivity index (χ3n) is 5.04. The number of para-hydroxylation sites is 2. The lowest BCUT2D eigenvalue weighted by molar-refractivity contribution is -0.115. The van der Waals surface area contributed by atoms with Crippen LogP contribution in [0.4, 0.5) is 33.5 Å². The maximum atomic E-state index is 12.5. The fourth-order valence-electron chi connectivity index (χ4n) is 3.21. The van der Waals surface area contributed by atoms with Crippen molar-refractivity contribution in [2.45, 2.75) is 13.3 Å². The number of nitrogens with zero attached hydrogens (tertiary/aromatic N) is 4. The highest BCUT2D eigenvalue weighted by atomic mass is 16.7. The number of anilines is 3. The minimum Gasteiger partial charge on any atom is -0.455 e. The number of nitrogens with two attached hydrogens (primary N) is 1. The van der Waals surface area contributed by atoms with E-state index < -0.39 is 6.09 Å². The van der Waals surface area contributed by atoms with Crippen molar-refractivity contribution in [3.63, 3.8) is 0 Å². The Balaban J connectivity index is 1.62. The summed E-state index contributed by atoms with van der Waals surface area (Å²) in [7, 11) is 3.32. The SMILES string of the molecule is CCc1ccccc1N(C)C(=O)OCOc1ccccc1N=Nc1ccc(NC(=O)CNC)nc1N. The molecule has 11 heteroatoms. The molecular weight excluding hydrogens is 462 g/mol. The molecule has 0 saturated heterocycles. The predicted octanol–water partition coefficient (Wildman–Crippen LogP) is 4.41. The molecule has 4 N–H and O–H groups in total. The number of nitrogens with one attached hydrogen (secondary N) is 2. The molecule has 0 aliphatic rings. The van der Waals surface area contributed by atoms with E-state index in [0.29, 0.717) is 22.9 Å². The topological polar surface area (TPSA) is 144 Å². The number of nitrogen functional groups attached to an aromatic ring is 1. The van der Waals surface area contributed by atoms with Crippen LogP contribution in [0.15, 0.2) is 70.9 Å². The molecule has 0 fully saturated rings. The zero-order valence-corrected chi connectivity index (χ0v) is 20.4. The minimum atomic E-state index is -0.546. The van der Waals surface area contributed by atoms with Gasteiger partial charge < -0.3 is 25.8 Å². The van der Waals surface area contributed by atoms with Gasteiger partial charge in [0, 0.05) is 12.7 Å². The van der Waals surface area contributed by atoms with Crippen molar-refractivity contribution in [1.82, 2.24) is 10.3 Å². The van der Waals surface area contributed by atoms with Crippen LogP contribution in [0.2, 0.25) is 0 Å². The average Bonchev–Trinajstić information content (AvgIpc) is 2.88. The number of pyridine rings is 1. The molecule has 0 bridgehead atoms. The van der Waals surface area contributed by atoms with Gasteiger partial charge in [0.2, 0.25) is 12.7 Å². The van der Waals surface area contributed by atoms with Crippen molar-refractivity contribution in [2.75, 3.05) is 43.4 Å². The Morgan fingerprint density at radius 3 is 2.50 bits per heavy atom. The number of carbonyl (C=O) groups is 2. The molecule has 0 atom stereocenters. The van der Waals surface area contributed by atoms with Crippen LogP contribution < -0.4 is 26.0 Å². The molecule has 3 aromatic rings. The summed E-state index contributed by atoms with van der Waals surface area (Å²) < 4.78 is 10.9. The van der Waals surface area contributed by atoms with E-state index in [9.17, 15) is 9.59 Å². The monoisotopic (exact) mass is 491 g/mol. The van der Waals surface area contributed by atoms with Crippen molar-refractivity contribution in [2.24, 2.45) is 10.2 Å². The summed E-state index contributed by atoms with van der Waals surface area (Å²) in [6, 6.07) is 17.7. The van der Waals surface area contributed by atoms with Crippen LogP contribution in [0.5, 0.6) is 5.75 Å². The third-order valence-corrected chi connectivity index (χ3v) is 5.04. The molecule has 0 unspecified atom stereocenters. The first-order chi connectivity index (χ1) is 17.4. The van der Waals surface area contributed by atoms with Gasteiger partial charge in [-0.25, -0.2) is 9.78 Å². The van der Waals surface area contributed by atoms with Crippen molar-refractivity contribution in [1.29, 1.82) is 0 Å². The number of likely N-dealkylation sites (N-methyl/N-ethyl adjacent to an activating group) is 1. The van der Waals surface area contributed by atoms with Crippen molar-refractivity contribution < 1.29 is 19.1 Å². The number of ether oxygens (including phenoxy) is 2. The second-order valence-corrected chi connectivity index (χ2v) is 7.56. The zero-order valence-electron chi connectivity index (χ0n) is 20.4. The summed E-state index contributed by atoms with van der Waals surface area (Å²) >= 11 is 0. The minimum absolute atomic E-state index is 0.101. The molecule has 36 heavy (non-hydrogen) atoms. The first-order valence-corrected chi connectivity index (χ1v) is 11.3. The molecule has 0 aliphatic carbocycles. The van der Waals surface area contributed by atoms with Gasteiger partial charge in [0.1, 0.15) is 17.2 Å². The Kier molecular flexibility index (Phi) is 9.29. The molecule has 1 heterocycles. The molecule has 2 amide bonds. The zero-order chi connectivity index (χ0) is 25.9. The predicted molar refractivity (Wildman–Crippen MR) is 138 cm³/mol. The number of hydrogen-bond donors (Lipinski definition) is 3. The molecule has 188 valence electrons. The van der Waals surface area contributed by atoms with Crippen LogP contribution in [0.3, 0.4) is 0 Å². The quantitative estimate of drug-likeness (QED) is 0.281. The summed E-state index contributed by atoms with van der Waals surface area (Å²) in [6.45, 7) is 1.86. The first-order valence-electron chi connectivity index (χ1n) is 11.3. The van der Waals surface area contributed by atoms with Crippen LogP contribution in [-0.4, -0.2) is 44.4 Å². The van der Waals surface area contributed by atoms with Gasteiger partial charge >= 0.3 is 6.09 Å². The van der Waals surface area contributed by atoms with Gasteiger partial charge in [0.15, 0.2) is 11.6 Å². The van der Waals surface area contributed by atoms with Gasteiger partial charge in [-0.15, -0.1) is 10.2 Å². The highest BCUT2D eigenvalue weighted by molar-refractivity contribution is 5.91. The number of rotatable bonds is 10. The van der Waals surface area contributed by atoms with E-state index >= 15 is 0 Å². The summed E-state index contributed by atoms with van der Waals surface area (Å²) in [6.07, 6.45) is 0.243. The average molecular weight is 492 g/mol. The summed E-state index contributed by atoms with van der Waals surface area (Å²) in [5, 5.41) is 13.7. The highest BCUT2D eigenvalue weighted by Gasteiger charge is 2.15. The first kappa shape index (κ1) is 26.1. The van der Waals surface area contributed by atoms with Gasteiger partial charge in [0.25, 0.3) is 0 Å². The van der Waals surface area contributed by atoms with E-state index in [0.717, 1.165) is 17.7 Å². The summed E-state index contributed by atoms with van der Waals surface area (Å²) in [5.74, 6) is 0.534. The lowest BCUT2D eigenvalue weighted by atomic mass is 10.1. The molecule has 0 spiro atoms. The lowest BCUT2D eigenvalue weighted by Crippen LogP contribution is -2.29. The van der Waals surface area contributed by atoms with Crippen LogP contribution >= 0.6 is 0 Å². The van der Waals surface area contributed by atoms with E-state index in [2.05, 4.69) is 25.8 Å². The second-order valence-electron chi connectivity index (χ2n) is 7.56. The fraction of sp³-hybridized carbons (Fsp3) is 0.240. The maximum Gasteiger partial charge on any atom is 0.416 e. The molecule has 11 nitrogen and oxygen atoms in total. The molecule has 3 rings (SSSR count). The Hall–Kier alpha value is -4.51. The number of aromatic nitrogens is 1. The van der Waals surface area contributed by atoms with Crippen molar-refractivity contribution >= 4 is 40.7 Å². The number of aryl methyl sites for hydroxylation is 1. The van der Waals surface area contributed by atoms with Gasteiger partial charge in [-0.05, 0) is 49.4 Å². The standard InChI is InChI=1S/C25H29N7O4/c1-4-17-9-5-7-11-20(17)32(3)25(34)36-16-35-21-12-8-6-10-18(21)30-31-19-13-14-22(29-24(19)26)28-23(33)15-27-2/h5-14,27H,4,15-16H2,1-3H3,(H3,26,28,29,33). The second kappa shape index (κ2) is 12.8. The Morgan fingerprint density at radius 2 is 1.75 bits per heavy atom. The normalized spacial score (nSPS) is 10.8. The van der Waals surface area contributed by atoms with Crippen molar-refractivity contribution in [3.05, 3.63) is 66.2 Å². The van der Waals surface area contributed by atoms with Gasteiger partial charge in [-0.2, -0.15) is 0 Å². The van der Waals surface area contributed by atoms with Crippen LogP contribution in [0.1, 0.15) is 12.5 Å². The fourth-order valence-corrected chi connectivity index (χ4v) is 3.21. The van der Waals surface area contributed by atoms with E-state index in [4.69, 9.17) is 15.2 Å². The van der Waals surface area contributed by atoms with E-state index in [-0.39, 0.29) is 25.1 Å². The third kappa shape index (κ3) is 7.00. The van der Waals surface area contributed by atoms with E-state index in [1.165, 1.54) is 4.90 Å². The van der Waals surface area contributed by atoms with E-state index in [1.807, 2.05) is 31.2 Å². The van der Waals surface area contributed by atoms with Gasteiger partial charge in [-0.3, -0.25) is 9.69 Å². The van der Waals surface area contributed by atoms with Crippen molar-refractivity contribution in [3.8, 4) is 5.75 Å². The number of benzene rings is 2. The van der Waals surface area contributed by atoms with Gasteiger partial charge in [0.05, 0.1) is 6.54 Å². The maximum absolute atomic E-state index is 12.5. The Labute approximate surface area is 209 Å². The smallest absolute Gasteiger partial charge is 0.416 e. The molecule has 2 aromatic carbocycles. The van der Waals surface area contributed by atoms with E-state index in [1.54, 1.807) is 50.5 Å². The molecule has 0 saturated carbocycles. The van der Waals surface area contributed by atoms with Gasteiger partial charge in [-0.1, -0.05) is 37.3 Å².